The van der Waals surface area contributed by atoms with Crippen molar-refractivity contribution in [2.24, 2.45) is 0 Å². The molecule has 5 nitrogen and oxygen atoms in total. The summed E-state index contributed by atoms with van der Waals surface area (Å²) in [6, 6.07) is 12.0. The van der Waals surface area contributed by atoms with E-state index in [0.29, 0.717) is 27.3 Å². The summed E-state index contributed by atoms with van der Waals surface area (Å²) in [5.74, 6) is -0.0725. The lowest BCUT2D eigenvalue weighted by Crippen LogP contribution is -2.35. The van der Waals surface area contributed by atoms with Gasteiger partial charge in [0.15, 0.2) is 0 Å². The van der Waals surface area contributed by atoms with Crippen LogP contribution in [0.4, 0.5) is 0 Å². The largest absolute Gasteiger partial charge is 0.280 e. The topological polar surface area (TPSA) is 64.0 Å². The van der Waals surface area contributed by atoms with Crippen molar-refractivity contribution < 1.29 is 4.79 Å². The van der Waals surface area contributed by atoms with Crippen molar-refractivity contribution in [2.45, 2.75) is 6.92 Å². The third kappa shape index (κ3) is 3.09. The molecule has 1 N–H and O–H groups in total. The number of nitrogens with zero attached hydrogens (tertiary/aromatic N) is 2. The smallest absolute Gasteiger partial charge is 0.267 e. The normalized spacial score (nSPS) is 10.7. The third-order valence-electron chi connectivity index (χ3n) is 3.33. The molecule has 0 atom stereocenters. The molecule has 3 aromatic rings. The Bertz CT molecular complexity index is 985. The number of nitrogens with one attached hydrogen (secondary N) is 1. The van der Waals surface area contributed by atoms with Gasteiger partial charge in [-0.05, 0) is 59.8 Å². The molecule has 3 rings (SSSR count). The number of benzene rings is 2. The summed E-state index contributed by atoms with van der Waals surface area (Å²) in [6.07, 6.45) is 0. The molecule has 0 fully saturated rings. The van der Waals surface area contributed by atoms with Gasteiger partial charge in [0.1, 0.15) is 5.82 Å². The molecule has 23 heavy (non-hydrogen) atoms. The standard InChI is InChI=1S/C16H11ClIN3O2/c1-9-19-14-7-6-10(18)8-12(14)16(23)21(9)20-15(22)11-4-2-3-5-13(11)17/h2-8H,1H3,(H,20,22). The number of hydrogen-bond acceptors (Lipinski definition) is 3. The summed E-state index contributed by atoms with van der Waals surface area (Å²) >= 11 is 8.14. The van der Waals surface area contributed by atoms with Gasteiger partial charge in [0, 0.05) is 3.57 Å². The zero-order chi connectivity index (χ0) is 16.6. The lowest BCUT2D eigenvalue weighted by atomic mass is 10.2. The van der Waals surface area contributed by atoms with Crippen LogP contribution in [0, 0.1) is 10.5 Å². The van der Waals surface area contributed by atoms with Crippen molar-refractivity contribution in [3.05, 3.63) is 72.8 Å². The maximum atomic E-state index is 12.6. The van der Waals surface area contributed by atoms with Crippen LogP contribution < -0.4 is 11.0 Å². The average molecular weight is 440 g/mol. The van der Waals surface area contributed by atoms with Crippen LogP contribution in [0.5, 0.6) is 0 Å². The van der Waals surface area contributed by atoms with Crippen LogP contribution >= 0.6 is 34.2 Å². The van der Waals surface area contributed by atoms with Crippen LogP contribution in [-0.2, 0) is 0 Å². The third-order valence-corrected chi connectivity index (χ3v) is 4.33. The van der Waals surface area contributed by atoms with Gasteiger partial charge in [0.05, 0.1) is 21.5 Å². The lowest BCUT2D eigenvalue weighted by molar-refractivity contribution is 0.101. The molecule has 0 aliphatic carbocycles. The maximum Gasteiger partial charge on any atom is 0.280 e. The summed E-state index contributed by atoms with van der Waals surface area (Å²) in [5, 5.41) is 0.765. The minimum Gasteiger partial charge on any atom is -0.267 e. The molecule has 0 unspecified atom stereocenters. The molecule has 1 amide bonds. The number of carbonyl (C=O) groups is 1. The second kappa shape index (κ2) is 6.29. The Kier molecular flexibility index (Phi) is 4.36. The molecule has 0 saturated heterocycles. The van der Waals surface area contributed by atoms with Gasteiger partial charge in [0.25, 0.3) is 11.5 Å². The lowest BCUT2D eigenvalue weighted by Gasteiger charge is -2.12. The average Bonchev–Trinajstić information content (AvgIpc) is 2.52. The first-order valence-electron chi connectivity index (χ1n) is 6.72. The summed E-state index contributed by atoms with van der Waals surface area (Å²) in [7, 11) is 0. The van der Waals surface area contributed by atoms with Gasteiger partial charge in [-0.2, -0.15) is 0 Å². The molecule has 0 bridgehead atoms. The monoisotopic (exact) mass is 439 g/mol. The minimum atomic E-state index is -0.465. The summed E-state index contributed by atoms with van der Waals surface area (Å²) in [5.41, 5.74) is 3.12. The van der Waals surface area contributed by atoms with E-state index in [0.717, 1.165) is 8.25 Å². The highest BCUT2D eigenvalue weighted by molar-refractivity contribution is 14.1. The zero-order valence-electron chi connectivity index (χ0n) is 12.0. The van der Waals surface area contributed by atoms with Gasteiger partial charge in [-0.1, -0.05) is 23.7 Å². The van der Waals surface area contributed by atoms with Crippen LogP contribution in [0.3, 0.4) is 0 Å². The number of hydrogen-bond donors (Lipinski definition) is 1. The first-order chi connectivity index (χ1) is 11.0. The second-order valence-electron chi connectivity index (χ2n) is 4.88. The molecule has 0 spiro atoms. The Morgan fingerprint density at radius 1 is 1.26 bits per heavy atom. The number of aryl methyl sites for hydroxylation is 1. The van der Waals surface area contributed by atoms with E-state index >= 15 is 0 Å². The van der Waals surface area contributed by atoms with E-state index in [1.807, 2.05) is 6.07 Å². The Hall–Kier alpha value is -1.93. The van der Waals surface area contributed by atoms with E-state index in [1.165, 1.54) is 0 Å². The Morgan fingerprint density at radius 3 is 2.74 bits per heavy atom. The van der Waals surface area contributed by atoms with Crippen molar-refractivity contribution in [1.29, 1.82) is 0 Å². The highest BCUT2D eigenvalue weighted by Gasteiger charge is 2.14. The van der Waals surface area contributed by atoms with Crippen LogP contribution in [0.25, 0.3) is 10.9 Å². The highest BCUT2D eigenvalue weighted by atomic mass is 127. The number of amides is 1. The number of rotatable bonds is 2. The van der Waals surface area contributed by atoms with E-state index in [1.54, 1.807) is 43.3 Å². The first kappa shape index (κ1) is 15.9. The van der Waals surface area contributed by atoms with Crippen LogP contribution in [-0.4, -0.2) is 15.6 Å². The summed E-state index contributed by atoms with van der Waals surface area (Å²) < 4.78 is 2.06. The molecule has 0 radical (unpaired) electrons. The van der Waals surface area contributed by atoms with Crippen molar-refractivity contribution in [1.82, 2.24) is 9.66 Å². The highest BCUT2D eigenvalue weighted by Crippen LogP contribution is 2.15. The quantitative estimate of drug-likeness (QED) is 0.623. The molecule has 0 aliphatic rings. The van der Waals surface area contributed by atoms with E-state index in [4.69, 9.17) is 11.6 Å². The van der Waals surface area contributed by atoms with Crippen LogP contribution in [0.2, 0.25) is 5.02 Å². The van der Waals surface area contributed by atoms with E-state index < -0.39 is 5.91 Å². The molecule has 1 aromatic heterocycles. The predicted octanol–water partition coefficient (Wildman–Crippen LogP) is 3.35. The fraction of sp³-hybridized carbons (Fsp3) is 0.0625. The summed E-state index contributed by atoms with van der Waals surface area (Å²) in [4.78, 5) is 29.3. The SMILES string of the molecule is Cc1nc2ccc(I)cc2c(=O)n1NC(=O)c1ccccc1Cl. The Balaban J connectivity index is 2.08. The molecule has 2 aromatic carbocycles. The predicted molar refractivity (Wildman–Crippen MR) is 98.6 cm³/mol. The van der Waals surface area contributed by atoms with Crippen molar-refractivity contribution in [3.8, 4) is 0 Å². The van der Waals surface area contributed by atoms with Crippen LogP contribution in [0.1, 0.15) is 16.2 Å². The fourth-order valence-electron chi connectivity index (χ4n) is 2.21. The minimum absolute atomic E-state index is 0.295. The summed E-state index contributed by atoms with van der Waals surface area (Å²) in [6.45, 7) is 1.66. The van der Waals surface area contributed by atoms with Crippen molar-refractivity contribution >= 4 is 51.0 Å². The number of aromatic nitrogens is 2. The van der Waals surface area contributed by atoms with Crippen molar-refractivity contribution in [2.75, 3.05) is 5.43 Å². The van der Waals surface area contributed by atoms with Gasteiger partial charge in [-0.15, -0.1) is 0 Å². The van der Waals surface area contributed by atoms with E-state index in [2.05, 4.69) is 33.0 Å². The van der Waals surface area contributed by atoms with Gasteiger partial charge < -0.3 is 0 Å². The van der Waals surface area contributed by atoms with Gasteiger partial charge in [-0.3, -0.25) is 15.0 Å². The second-order valence-corrected chi connectivity index (χ2v) is 6.53. The van der Waals surface area contributed by atoms with Gasteiger partial charge in [0.2, 0.25) is 0 Å². The molecule has 1 heterocycles. The van der Waals surface area contributed by atoms with E-state index in [-0.39, 0.29) is 5.56 Å². The Labute approximate surface area is 150 Å². The van der Waals surface area contributed by atoms with Gasteiger partial charge >= 0.3 is 0 Å². The molecule has 7 heteroatoms. The van der Waals surface area contributed by atoms with Crippen LogP contribution in [0.15, 0.2) is 47.3 Å². The fourth-order valence-corrected chi connectivity index (χ4v) is 2.92. The van der Waals surface area contributed by atoms with Gasteiger partial charge in [-0.25, -0.2) is 9.66 Å². The molecular weight excluding hydrogens is 429 g/mol. The maximum absolute atomic E-state index is 12.6. The van der Waals surface area contributed by atoms with Crippen molar-refractivity contribution in [3.63, 3.8) is 0 Å². The number of halogens is 2. The first-order valence-corrected chi connectivity index (χ1v) is 8.18. The Morgan fingerprint density at radius 2 is 2.00 bits per heavy atom. The molecular formula is C16H11ClIN3O2. The molecule has 116 valence electrons. The molecule has 0 saturated carbocycles. The number of carbonyl (C=O) groups excluding carboxylic acids is 1. The number of fused-ring (bicyclic) bond motifs is 1. The molecule has 0 aliphatic heterocycles. The zero-order valence-corrected chi connectivity index (χ0v) is 14.9. The van der Waals surface area contributed by atoms with E-state index in [9.17, 15) is 9.59 Å².